The van der Waals surface area contributed by atoms with Gasteiger partial charge in [0.25, 0.3) is 0 Å². The SMILES string of the molecule is COc1ccc(-c2n[nH]c(=S)n2CCC(=O)NC2CCOc3ccccc32)cc1. The molecule has 0 fully saturated rings. The minimum absolute atomic E-state index is 0.0320. The second-order valence-electron chi connectivity index (χ2n) is 6.78. The summed E-state index contributed by atoms with van der Waals surface area (Å²) in [5, 5.41) is 10.3. The number of hydrogen-bond donors (Lipinski definition) is 2. The van der Waals surface area contributed by atoms with E-state index in [-0.39, 0.29) is 11.9 Å². The number of carbonyl (C=O) groups excluding carboxylic acids is 1. The quantitative estimate of drug-likeness (QED) is 0.607. The Balaban J connectivity index is 1.44. The van der Waals surface area contributed by atoms with Crippen LogP contribution in [0.25, 0.3) is 11.4 Å². The Hall–Kier alpha value is -3.13. The highest BCUT2D eigenvalue weighted by Crippen LogP contribution is 2.31. The maximum absolute atomic E-state index is 12.6. The van der Waals surface area contributed by atoms with Gasteiger partial charge in [0, 0.05) is 30.5 Å². The highest BCUT2D eigenvalue weighted by molar-refractivity contribution is 7.71. The van der Waals surface area contributed by atoms with Crippen molar-refractivity contribution in [2.45, 2.75) is 25.4 Å². The van der Waals surface area contributed by atoms with E-state index in [0.29, 0.717) is 30.2 Å². The van der Waals surface area contributed by atoms with Crippen LogP contribution in [-0.4, -0.2) is 34.4 Å². The van der Waals surface area contributed by atoms with E-state index in [2.05, 4.69) is 15.5 Å². The predicted octanol–water partition coefficient (Wildman–Crippen LogP) is 3.65. The topological polar surface area (TPSA) is 81.2 Å². The zero-order chi connectivity index (χ0) is 20.2. The summed E-state index contributed by atoms with van der Waals surface area (Å²) >= 11 is 5.36. The summed E-state index contributed by atoms with van der Waals surface area (Å²) in [5.74, 6) is 2.27. The van der Waals surface area contributed by atoms with E-state index < -0.39 is 0 Å². The van der Waals surface area contributed by atoms with Crippen LogP contribution >= 0.6 is 12.2 Å². The van der Waals surface area contributed by atoms with E-state index in [1.165, 1.54) is 0 Å². The monoisotopic (exact) mass is 410 g/mol. The van der Waals surface area contributed by atoms with E-state index >= 15 is 0 Å². The standard InChI is InChI=1S/C21H22N4O3S/c1-27-15-8-6-14(7-9-15)20-23-24-21(29)25(20)12-10-19(26)22-17-11-13-28-18-5-3-2-4-16(17)18/h2-9,17H,10-13H2,1H3,(H,22,26)(H,24,29). The number of ether oxygens (including phenoxy) is 2. The first kappa shape index (κ1) is 19.2. The summed E-state index contributed by atoms with van der Waals surface area (Å²) in [6.07, 6.45) is 1.06. The second-order valence-corrected chi connectivity index (χ2v) is 7.16. The molecule has 1 aliphatic heterocycles. The minimum Gasteiger partial charge on any atom is -0.497 e. The van der Waals surface area contributed by atoms with E-state index in [1.807, 2.05) is 53.1 Å². The number of aromatic amines is 1. The lowest BCUT2D eigenvalue weighted by Gasteiger charge is -2.26. The smallest absolute Gasteiger partial charge is 0.222 e. The van der Waals surface area contributed by atoms with Gasteiger partial charge < -0.3 is 14.8 Å². The maximum Gasteiger partial charge on any atom is 0.222 e. The van der Waals surface area contributed by atoms with Gasteiger partial charge in [0.15, 0.2) is 10.6 Å². The number of nitrogens with one attached hydrogen (secondary N) is 2. The van der Waals surface area contributed by atoms with Gasteiger partial charge in [-0.2, -0.15) is 5.10 Å². The predicted molar refractivity (Wildman–Crippen MR) is 111 cm³/mol. The second kappa shape index (κ2) is 8.48. The molecule has 0 spiro atoms. The van der Waals surface area contributed by atoms with Gasteiger partial charge in [-0.3, -0.25) is 14.5 Å². The Morgan fingerprint density at radius 1 is 1.31 bits per heavy atom. The number of para-hydroxylation sites is 1. The molecule has 7 nitrogen and oxygen atoms in total. The molecule has 3 aromatic rings. The number of fused-ring (bicyclic) bond motifs is 1. The number of methoxy groups -OCH3 is 1. The van der Waals surface area contributed by atoms with Gasteiger partial charge in [-0.15, -0.1) is 0 Å². The summed E-state index contributed by atoms with van der Waals surface area (Å²) in [4.78, 5) is 12.6. The number of aromatic nitrogens is 3. The number of carbonyl (C=O) groups is 1. The number of amides is 1. The van der Waals surface area contributed by atoms with E-state index in [0.717, 1.165) is 29.0 Å². The van der Waals surface area contributed by atoms with Crippen molar-refractivity contribution in [1.29, 1.82) is 0 Å². The number of H-pyrrole nitrogens is 1. The first-order chi connectivity index (χ1) is 14.2. The van der Waals surface area contributed by atoms with Crippen LogP contribution in [0.5, 0.6) is 11.5 Å². The van der Waals surface area contributed by atoms with Gasteiger partial charge in [-0.1, -0.05) is 18.2 Å². The molecule has 4 rings (SSSR count). The summed E-state index contributed by atoms with van der Waals surface area (Å²) < 4.78 is 13.2. The van der Waals surface area contributed by atoms with Crippen LogP contribution < -0.4 is 14.8 Å². The lowest BCUT2D eigenvalue weighted by atomic mass is 10.0. The molecule has 2 aromatic carbocycles. The fourth-order valence-electron chi connectivity index (χ4n) is 3.46. The van der Waals surface area contributed by atoms with Crippen LogP contribution in [0.1, 0.15) is 24.4 Å². The average Bonchev–Trinajstić information content (AvgIpc) is 3.13. The minimum atomic E-state index is -0.0363. The Labute approximate surface area is 173 Å². The molecule has 0 aliphatic carbocycles. The fraction of sp³-hybridized carbons (Fsp3) is 0.286. The van der Waals surface area contributed by atoms with Crippen molar-refractivity contribution in [2.24, 2.45) is 0 Å². The van der Waals surface area contributed by atoms with E-state index in [4.69, 9.17) is 21.7 Å². The van der Waals surface area contributed by atoms with Crippen LogP contribution in [0.2, 0.25) is 0 Å². The number of benzene rings is 2. The van der Waals surface area contributed by atoms with Gasteiger partial charge in [-0.05, 0) is 42.5 Å². The molecule has 1 aliphatic rings. The molecule has 2 N–H and O–H groups in total. The molecule has 0 bridgehead atoms. The van der Waals surface area contributed by atoms with Crippen LogP contribution in [-0.2, 0) is 11.3 Å². The van der Waals surface area contributed by atoms with Gasteiger partial charge in [-0.25, -0.2) is 0 Å². The molecule has 1 unspecified atom stereocenters. The highest BCUT2D eigenvalue weighted by Gasteiger charge is 2.22. The molecule has 1 atom stereocenters. The molecule has 0 saturated carbocycles. The first-order valence-corrected chi connectivity index (χ1v) is 9.87. The lowest BCUT2D eigenvalue weighted by Crippen LogP contribution is -2.32. The van der Waals surface area contributed by atoms with Gasteiger partial charge in [0.1, 0.15) is 11.5 Å². The molecule has 2 heterocycles. The third kappa shape index (κ3) is 4.17. The maximum atomic E-state index is 12.6. The Kier molecular flexibility index (Phi) is 5.62. The van der Waals surface area contributed by atoms with Crippen LogP contribution in [0, 0.1) is 4.77 Å². The van der Waals surface area contributed by atoms with Crippen molar-refractivity contribution in [2.75, 3.05) is 13.7 Å². The Bertz CT molecular complexity index is 1060. The molecule has 150 valence electrons. The van der Waals surface area contributed by atoms with Gasteiger partial charge in [0.05, 0.1) is 19.8 Å². The van der Waals surface area contributed by atoms with Crippen LogP contribution in [0.15, 0.2) is 48.5 Å². The van der Waals surface area contributed by atoms with Crippen molar-refractivity contribution in [1.82, 2.24) is 20.1 Å². The fourth-order valence-corrected chi connectivity index (χ4v) is 3.68. The number of hydrogen-bond acceptors (Lipinski definition) is 5. The summed E-state index contributed by atoms with van der Waals surface area (Å²) in [5.41, 5.74) is 1.92. The zero-order valence-corrected chi connectivity index (χ0v) is 16.9. The van der Waals surface area contributed by atoms with Crippen molar-refractivity contribution >= 4 is 18.1 Å². The van der Waals surface area contributed by atoms with Crippen molar-refractivity contribution in [3.63, 3.8) is 0 Å². The Morgan fingerprint density at radius 2 is 2.10 bits per heavy atom. The summed E-state index contributed by atoms with van der Waals surface area (Å²) in [6, 6.07) is 15.3. The van der Waals surface area contributed by atoms with Crippen LogP contribution in [0.4, 0.5) is 0 Å². The number of nitrogens with zero attached hydrogens (tertiary/aromatic N) is 2. The zero-order valence-electron chi connectivity index (χ0n) is 16.1. The van der Waals surface area contributed by atoms with Crippen LogP contribution in [0.3, 0.4) is 0 Å². The third-order valence-electron chi connectivity index (χ3n) is 4.96. The normalized spacial score (nSPS) is 15.3. The lowest BCUT2D eigenvalue weighted by molar-refractivity contribution is -0.122. The third-order valence-corrected chi connectivity index (χ3v) is 5.27. The van der Waals surface area contributed by atoms with Gasteiger partial charge in [0.2, 0.25) is 5.91 Å². The summed E-state index contributed by atoms with van der Waals surface area (Å²) in [7, 11) is 1.63. The van der Waals surface area contributed by atoms with Crippen molar-refractivity contribution in [3.05, 3.63) is 58.9 Å². The Morgan fingerprint density at radius 3 is 2.90 bits per heavy atom. The number of rotatable bonds is 6. The molecular formula is C21H22N4O3S. The van der Waals surface area contributed by atoms with E-state index in [1.54, 1.807) is 7.11 Å². The first-order valence-electron chi connectivity index (χ1n) is 9.46. The molecule has 8 heteroatoms. The van der Waals surface area contributed by atoms with Gasteiger partial charge >= 0.3 is 0 Å². The molecule has 1 aromatic heterocycles. The highest BCUT2D eigenvalue weighted by atomic mass is 32.1. The molecule has 0 radical (unpaired) electrons. The summed E-state index contributed by atoms with van der Waals surface area (Å²) in [6.45, 7) is 1.03. The van der Waals surface area contributed by atoms with Crippen molar-refractivity contribution < 1.29 is 14.3 Å². The van der Waals surface area contributed by atoms with Crippen molar-refractivity contribution in [3.8, 4) is 22.9 Å². The molecule has 0 saturated heterocycles. The van der Waals surface area contributed by atoms with E-state index in [9.17, 15) is 4.79 Å². The molecular weight excluding hydrogens is 388 g/mol. The largest absolute Gasteiger partial charge is 0.497 e. The molecule has 29 heavy (non-hydrogen) atoms. The average molecular weight is 410 g/mol. The molecule has 1 amide bonds.